The predicted molar refractivity (Wildman–Crippen MR) is 58.7 cm³/mol. The van der Waals surface area contributed by atoms with Gasteiger partial charge in [0, 0.05) is 6.54 Å². The number of unbranched alkanes of at least 4 members (excludes halogenated alkanes) is 1. The number of nitrogens with zero attached hydrogens (tertiary/aromatic N) is 1. The molecular formula is C10H21LiN. The molecule has 0 aromatic carbocycles. The molecule has 12 heavy (non-hydrogen) atoms. The minimum atomic E-state index is 0. The van der Waals surface area contributed by atoms with Gasteiger partial charge in [0.05, 0.1) is 0 Å². The zero-order valence-corrected chi connectivity index (χ0v) is 7.84. The second kappa shape index (κ2) is 11.3. The van der Waals surface area contributed by atoms with Gasteiger partial charge in [-0.15, -0.1) is 0 Å². The first-order valence-corrected chi connectivity index (χ1v) is 4.51. The van der Waals surface area contributed by atoms with Crippen LogP contribution in [0.25, 0.3) is 0 Å². The van der Waals surface area contributed by atoms with E-state index in [-0.39, 0.29) is 18.9 Å². The first-order chi connectivity index (χ1) is 5.35. The van der Waals surface area contributed by atoms with E-state index in [1.165, 1.54) is 19.4 Å². The van der Waals surface area contributed by atoms with Gasteiger partial charge in [0.15, 0.2) is 0 Å². The molecule has 0 saturated carbocycles. The van der Waals surface area contributed by atoms with Gasteiger partial charge in [-0.05, 0) is 26.4 Å². The molecule has 0 saturated heterocycles. The van der Waals surface area contributed by atoms with Crippen LogP contribution in [0.3, 0.4) is 0 Å². The van der Waals surface area contributed by atoms with Crippen molar-refractivity contribution in [2.45, 2.75) is 26.7 Å². The molecule has 0 bridgehead atoms. The van der Waals surface area contributed by atoms with Crippen molar-refractivity contribution in [2.24, 2.45) is 0 Å². The van der Waals surface area contributed by atoms with Crippen molar-refractivity contribution in [1.29, 1.82) is 0 Å². The van der Waals surface area contributed by atoms with Crippen molar-refractivity contribution in [3.63, 3.8) is 0 Å². The fourth-order valence-electron chi connectivity index (χ4n) is 0.984. The summed E-state index contributed by atoms with van der Waals surface area (Å²) in [7, 11) is 0. The van der Waals surface area contributed by atoms with Crippen molar-refractivity contribution < 1.29 is 0 Å². The van der Waals surface area contributed by atoms with Crippen molar-refractivity contribution in [3.05, 3.63) is 19.1 Å². The summed E-state index contributed by atoms with van der Waals surface area (Å²) >= 11 is 0. The Hall–Kier alpha value is 0.297. The molecule has 0 fully saturated rings. The normalized spacial score (nSPS) is 10.7. The van der Waals surface area contributed by atoms with Crippen LogP contribution in [-0.4, -0.2) is 43.4 Å². The zero-order valence-electron chi connectivity index (χ0n) is 7.84. The van der Waals surface area contributed by atoms with Gasteiger partial charge in [-0.25, -0.2) is 0 Å². The van der Waals surface area contributed by atoms with Crippen LogP contribution in [0.15, 0.2) is 12.2 Å². The van der Waals surface area contributed by atoms with E-state index >= 15 is 0 Å². The average Bonchev–Trinajstić information content (AvgIpc) is 2.05. The Morgan fingerprint density at radius 2 is 2.00 bits per heavy atom. The molecule has 0 heterocycles. The van der Waals surface area contributed by atoms with Crippen LogP contribution in [0.5, 0.6) is 0 Å². The molecule has 0 unspecified atom stereocenters. The molecule has 0 aromatic heterocycles. The third kappa shape index (κ3) is 8.39. The van der Waals surface area contributed by atoms with E-state index < -0.39 is 0 Å². The van der Waals surface area contributed by atoms with Crippen LogP contribution in [0.1, 0.15) is 26.7 Å². The van der Waals surface area contributed by atoms with E-state index in [1.54, 1.807) is 0 Å². The van der Waals surface area contributed by atoms with Crippen LogP contribution in [0.4, 0.5) is 0 Å². The van der Waals surface area contributed by atoms with Crippen molar-refractivity contribution in [3.8, 4) is 0 Å². The second-order valence-electron chi connectivity index (χ2n) is 2.72. The Morgan fingerprint density at radius 1 is 1.33 bits per heavy atom. The molecule has 0 rings (SSSR count). The first-order valence-electron chi connectivity index (χ1n) is 4.51. The summed E-state index contributed by atoms with van der Waals surface area (Å²) in [6.07, 6.45) is 6.57. The number of likely N-dealkylation sites (N-methyl/N-ethyl adjacent to an activating group) is 1. The summed E-state index contributed by atoms with van der Waals surface area (Å²) in [5, 5.41) is 0. The van der Waals surface area contributed by atoms with Gasteiger partial charge in [-0.3, -0.25) is 4.90 Å². The van der Waals surface area contributed by atoms with Gasteiger partial charge < -0.3 is 0 Å². The predicted octanol–water partition coefficient (Wildman–Crippen LogP) is 1.85. The molecule has 0 atom stereocenters. The number of hydrogen-bond donors (Lipinski definition) is 0. The molecule has 1 radical (unpaired) electrons. The van der Waals surface area contributed by atoms with Gasteiger partial charge in [0.1, 0.15) is 0 Å². The zero-order chi connectivity index (χ0) is 8.53. The van der Waals surface area contributed by atoms with Crippen molar-refractivity contribution in [1.82, 2.24) is 4.90 Å². The van der Waals surface area contributed by atoms with E-state index in [0.29, 0.717) is 0 Å². The second-order valence-corrected chi connectivity index (χ2v) is 2.72. The van der Waals surface area contributed by atoms with E-state index in [1.807, 2.05) is 6.08 Å². The molecule has 67 valence electrons. The molecule has 0 aliphatic carbocycles. The minimum absolute atomic E-state index is 0. The summed E-state index contributed by atoms with van der Waals surface area (Å²) < 4.78 is 0. The Morgan fingerprint density at radius 3 is 2.42 bits per heavy atom. The van der Waals surface area contributed by atoms with E-state index in [0.717, 1.165) is 13.1 Å². The fourth-order valence-corrected chi connectivity index (χ4v) is 0.984. The van der Waals surface area contributed by atoms with E-state index in [2.05, 4.69) is 31.7 Å². The molecule has 0 amide bonds. The summed E-state index contributed by atoms with van der Waals surface area (Å²) in [5.41, 5.74) is 0. The number of rotatable bonds is 6. The van der Waals surface area contributed by atoms with Crippen molar-refractivity contribution >= 4 is 18.9 Å². The average molecular weight is 162 g/mol. The quantitative estimate of drug-likeness (QED) is 0.539. The van der Waals surface area contributed by atoms with Crippen LogP contribution in [-0.2, 0) is 0 Å². The van der Waals surface area contributed by atoms with Gasteiger partial charge in [0.2, 0.25) is 0 Å². The van der Waals surface area contributed by atoms with Gasteiger partial charge in [0.25, 0.3) is 0 Å². The molecule has 0 aliphatic heterocycles. The summed E-state index contributed by atoms with van der Waals surface area (Å²) in [6.45, 7) is 11.5. The summed E-state index contributed by atoms with van der Waals surface area (Å²) in [6, 6.07) is 0. The monoisotopic (exact) mass is 162 g/mol. The van der Waals surface area contributed by atoms with E-state index in [4.69, 9.17) is 0 Å². The van der Waals surface area contributed by atoms with Crippen molar-refractivity contribution in [2.75, 3.05) is 19.6 Å². The van der Waals surface area contributed by atoms with Gasteiger partial charge in [-0.2, -0.15) is 0 Å². The third-order valence-corrected chi connectivity index (χ3v) is 1.81. The molecular weight excluding hydrogens is 141 g/mol. The molecule has 1 nitrogen and oxygen atoms in total. The summed E-state index contributed by atoms with van der Waals surface area (Å²) in [4.78, 5) is 2.42. The van der Waals surface area contributed by atoms with E-state index in [9.17, 15) is 0 Å². The molecule has 0 N–H and O–H groups in total. The Labute approximate surface area is 89.4 Å². The Kier molecular flexibility index (Phi) is 13.9. The Balaban J connectivity index is 0. The standard InChI is InChI=1S/C10H20N.Li.H/c1-4-7-9-11(6-3)10-8-5-2;;/h4,7H,1,5-6,8-10H2,2-3H3;;/b7-4+;;. The molecule has 0 aliphatic rings. The number of allylic oxidation sites excluding steroid dienone is 1. The molecule has 0 aromatic rings. The van der Waals surface area contributed by atoms with Crippen LogP contribution >= 0.6 is 0 Å². The molecule has 0 spiro atoms. The maximum absolute atomic E-state index is 3.66. The van der Waals surface area contributed by atoms with Gasteiger partial charge in [-0.1, -0.05) is 32.4 Å². The third-order valence-electron chi connectivity index (χ3n) is 1.81. The maximum atomic E-state index is 3.66. The topological polar surface area (TPSA) is 3.24 Å². The van der Waals surface area contributed by atoms with Crippen LogP contribution in [0.2, 0.25) is 0 Å². The van der Waals surface area contributed by atoms with Crippen LogP contribution < -0.4 is 0 Å². The SMILES string of the molecule is [CH2]/C=C/CN(CC)CCCC.[LiH]. The number of hydrogen-bond acceptors (Lipinski definition) is 1. The molecule has 2 heteroatoms. The first kappa shape index (κ1) is 14.8. The van der Waals surface area contributed by atoms with Crippen LogP contribution in [0, 0.1) is 6.92 Å². The summed E-state index contributed by atoms with van der Waals surface area (Å²) in [5.74, 6) is 0. The Bertz CT molecular complexity index is 102. The van der Waals surface area contributed by atoms with Gasteiger partial charge >= 0.3 is 18.9 Å². The fraction of sp³-hybridized carbons (Fsp3) is 0.700.